The maximum atomic E-state index is 5.47. The van der Waals surface area contributed by atoms with E-state index in [1.807, 2.05) is 25.6 Å². The molecular formula is C8H13N3S. The van der Waals surface area contributed by atoms with E-state index in [0.717, 1.165) is 17.0 Å². The van der Waals surface area contributed by atoms with Gasteiger partial charge in [-0.3, -0.25) is 4.68 Å². The minimum absolute atomic E-state index is 0.522. The van der Waals surface area contributed by atoms with Gasteiger partial charge in [0.2, 0.25) is 0 Å². The predicted octanol–water partition coefficient (Wildman–Crippen LogP) is 0.866. The second kappa shape index (κ2) is 3.23. The molecular weight excluding hydrogens is 170 g/mol. The van der Waals surface area contributed by atoms with Crippen LogP contribution >= 0.6 is 12.2 Å². The number of hydrogen-bond donors (Lipinski definition) is 1. The Hall–Kier alpha value is -0.900. The van der Waals surface area contributed by atoms with Gasteiger partial charge >= 0.3 is 0 Å². The highest BCUT2D eigenvalue weighted by molar-refractivity contribution is 7.80. The summed E-state index contributed by atoms with van der Waals surface area (Å²) in [5, 5.41) is 4.27. The molecule has 1 rings (SSSR count). The molecule has 0 unspecified atom stereocenters. The first-order valence-corrected chi connectivity index (χ1v) is 4.20. The van der Waals surface area contributed by atoms with Gasteiger partial charge < -0.3 is 5.73 Å². The molecule has 0 aliphatic carbocycles. The van der Waals surface area contributed by atoms with Crippen molar-refractivity contribution in [3.05, 3.63) is 17.0 Å². The van der Waals surface area contributed by atoms with Crippen LogP contribution in [0.2, 0.25) is 0 Å². The van der Waals surface area contributed by atoms with Crippen LogP contribution in [0.4, 0.5) is 0 Å². The number of nitrogens with two attached hydrogens (primary N) is 1. The van der Waals surface area contributed by atoms with Crippen molar-refractivity contribution in [3.63, 3.8) is 0 Å². The van der Waals surface area contributed by atoms with Crippen molar-refractivity contribution < 1.29 is 0 Å². The summed E-state index contributed by atoms with van der Waals surface area (Å²) < 4.78 is 1.85. The number of rotatable bonds is 2. The summed E-state index contributed by atoms with van der Waals surface area (Å²) in [6.07, 6.45) is 0.654. The first kappa shape index (κ1) is 9.19. The van der Waals surface area contributed by atoms with Crippen LogP contribution < -0.4 is 5.73 Å². The number of aryl methyl sites for hydroxylation is 2. The Morgan fingerprint density at radius 2 is 2.17 bits per heavy atom. The van der Waals surface area contributed by atoms with Gasteiger partial charge in [-0.05, 0) is 13.8 Å². The van der Waals surface area contributed by atoms with Gasteiger partial charge in [0.1, 0.15) is 0 Å². The van der Waals surface area contributed by atoms with Gasteiger partial charge in [0.15, 0.2) is 0 Å². The van der Waals surface area contributed by atoms with Crippen molar-refractivity contribution in [1.29, 1.82) is 0 Å². The Labute approximate surface area is 77.6 Å². The summed E-state index contributed by atoms with van der Waals surface area (Å²) in [4.78, 5) is 0.522. The predicted molar refractivity (Wildman–Crippen MR) is 53.2 cm³/mol. The molecule has 0 fully saturated rings. The van der Waals surface area contributed by atoms with E-state index in [1.54, 1.807) is 0 Å². The summed E-state index contributed by atoms with van der Waals surface area (Å²) in [7, 11) is 1.92. The fourth-order valence-electron chi connectivity index (χ4n) is 1.25. The van der Waals surface area contributed by atoms with E-state index >= 15 is 0 Å². The SMILES string of the molecule is Cc1nn(C)c(C)c1CC(N)=S. The second-order valence-corrected chi connectivity index (χ2v) is 3.44. The lowest BCUT2D eigenvalue weighted by Gasteiger charge is -1.98. The number of nitrogens with zero attached hydrogens (tertiary/aromatic N) is 2. The standard InChI is InChI=1S/C8H13N3S/c1-5-7(4-8(9)12)6(2)11(3)10-5/h4H2,1-3H3,(H2,9,12). The highest BCUT2D eigenvalue weighted by Gasteiger charge is 2.09. The third-order valence-electron chi connectivity index (χ3n) is 2.01. The van der Waals surface area contributed by atoms with Crippen molar-refractivity contribution in [3.8, 4) is 0 Å². The van der Waals surface area contributed by atoms with Crippen molar-refractivity contribution in [2.24, 2.45) is 12.8 Å². The van der Waals surface area contributed by atoms with Gasteiger partial charge in [0.05, 0.1) is 10.7 Å². The van der Waals surface area contributed by atoms with Crippen LogP contribution in [0.5, 0.6) is 0 Å². The van der Waals surface area contributed by atoms with Crippen molar-refractivity contribution >= 4 is 17.2 Å². The maximum Gasteiger partial charge on any atom is 0.0773 e. The zero-order valence-corrected chi connectivity index (χ0v) is 8.40. The minimum Gasteiger partial charge on any atom is -0.393 e. The summed E-state index contributed by atoms with van der Waals surface area (Å²) in [5.41, 5.74) is 8.78. The van der Waals surface area contributed by atoms with Gasteiger partial charge in [-0.1, -0.05) is 12.2 Å². The molecule has 0 aliphatic heterocycles. The third kappa shape index (κ3) is 1.64. The average Bonchev–Trinajstić information content (AvgIpc) is 2.16. The monoisotopic (exact) mass is 183 g/mol. The molecule has 0 saturated heterocycles. The quantitative estimate of drug-likeness (QED) is 0.692. The van der Waals surface area contributed by atoms with E-state index in [2.05, 4.69) is 5.10 Å². The van der Waals surface area contributed by atoms with Crippen molar-refractivity contribution in [2.45, 2.75) is 20.3 Å². The molecule has 0 spiro atoms. The zero-order chi connectivity index (χ0) is 9.30. The molecule has 0 radical (unpaired) electrons. The molecule has 1 aromatic rings. The zero-order valence-electron chi connectivity index (χ0n) is 7.59. The maximum absolute atomic E-state index is 5.47. The Bertz CT molecular complexity index is 314. The van der Waals surface area contributed by atoms with E-state index in [0.29, 0.717) is 11.4 Å². The fourth-order valence-corrected chi connectivity index (χ4v) is 1.39. The van der Waals surface area contributed by atoms with Crippen LogP contribution in [0.15, 0.2) is 0 Å². The molecule has 66 valence electrons. The highest BCUT2D eigenvalue weighted by atomic mass is 32.1. The third-order valence-corrected chi connectivity index (χ3v) is 2.15. The topological polar surface area (TPSA) is 43.8 Å². The molecule has 0 bridgehead atoms. The van der Waals surface area contributed by atoms with E-state index < -0.39 is 0 Å². The summed E-state index contributed by atoms with van der Waals surface area (Å²) in [5.74, 6) is 0. The molecule has 3 nitrogen and oxygen atoms in total. The van der Waals surface area contributed by atoms with Crippen LogP contribution in [0, 0.1) is 13.8 Å². The van der Waals surface area contributed by atoms with Gasteiger partial charge in [0.25, 0.3) is 0 Å². The lowest BCUT2D eigenvalue weighted by molar-refractivity contribution is 0.730. The lowest BCUT2D eigenvalue weighted by atomic mass is 10.1. The van der Waals surface area contributed by atoms with E-state index in [-0.39, 0.29) is 0 Å². The largest absolute Gasteiger partial charge is 0.393 e. The van der Waals surface area contributed by atoms with Gasteiger partial charge in [-0.2, -0.15) is 5.10 Å². The van der Waals surface area contributed by atoms with Crippen LogP contribution in [0.1, 0.15) is 17.0 Å². The molecule has 2 N–H and O–H groups in total. The number of hydrogen-bond acceptors (Lipinski definition) is 2. The van der Waals surface area contributed by atoms with E-state index in [1.165, 1.54) is 0 Å². The first-order chi connectivity index (χ1) is 5.52. The molecule has 4 heteroatoms. The second-order valence-electron chi connectivity index (χ2n) is 2.92. The Morgan fingerprint density at radius 1 is 1.58 bits per heavy atom. The van der Waals surface area contributed by atoms with Crippen LogP contribution in [0.25, 0.3) is 0 Å². The van der Waals surface area contributed by atoms with Crippen molar-refractivity contribution in [1.82, 2.24) is 9.78 Å². The molecule has 0 aromatic carbocycles. The molecule has 0 saturated carbocycles. The Morgan fingerprint density at radius 3 is 2.50 bits per heavy atom. The van der Waals surface area contributed by atoms with Crippen molar-refractivity contribution in [2.75, 3.05) is 0 Å². The smallest absolute Gasteiger partial charge is 0.0773 e. The Balaban J connectivity index is 3.05. The van der Waals surface area contributed by atoms with E-state index in [4.69, 9.17) is 18.0 Å². The molecule has 0 amide bonds. The van der Waals surface area contributed by atoms with Crippen LogP contribution in [0.3, 0.4) is 0 Å². The molecule has 1 aromatic heterocycles. The summed E-state index contributed by atoms with van der Waals surface area (Å²) in [6, 6.07) is 0. The van der Waals surface area contributed by atoms with Gasteiger partial charge in [0, 0.05) is 24.7 Å². The van der Waals surface area contributed by atoms with Gasteiger partial charge in [-0.15, -0.1) is 0 Å². The summed E-state index contributed by atoms with van der Waals surface area (Å²) >= 11 is 4.85. The number of aromatic nitrogens is 2. The van der Waals surface area contributed by atoms with Crippen LogP contribution in [-0.2, 0) is 13.5 Å². The Kier molecular flexibility index (Phi) is 2.47. The minimum atomic E-state index is 0.522. The first-order valence-electron chi connectivity index (χ1n) is 3.79. The molecule has 0 aliphatic rings. The lowest BCUT2D eigenvalue weighted by Crippen LogP contribution is -2.12. The molecule has 12 heavy (non-hydrogen) atoms. The average molecular weight is 183 g/mol. The van der Waals surface area contributed by atoms with Gasteiger partial charge in [-0.25, -0.2) is 0 Å². The molecule has 1 heterocycles. The highest BCUT2D eigenvalue weighted by Crippen LogP contribution is 2.12. The normalized spacial score (nSPS) is 10.2. The molecule has 0 atom stereocenters. The summed E-state index contributed by atoms with van der Waals surface area (Å²) in [6.45, 7) is 3.99. The van der Waals surface area contributed by atoms with Crippen LogP contribution in [-0.4, -0.2) is 14.8 Å². The fraction of sp³-hybridized carbons (Fsp3) is 0.500. The van der Waals surface area contributed by atoms with E-state index in [9.17, 15) is 0 Å². The number of thiocarbonyl (C=S) groups is 1.